The van der Waals surface area contributed by atoms with Crippen molar-refractivity contribution in [3.8, 4) is 0 Å². The van der Waals surface area contributed by atoms with E-state index in [1.54, 1.807) is 31.7 Å². The van der Waals surface area contributed by atoms with Gasteiger partial charge in [-0.05, 0) is 71.2 Å². The lowest BCUT2D eigenvalue weighted by Crippen LogP contribution is -2.47. The summed E-state index contributed by atoms with van der Waals surface area (Å²) in [5, 5.41) is 2.52. The minimum Gasteiger partial charge on any atom is -0.358 e. The van der Waals surface area contributed by atoms with Crippen molar-refractivity contribution in [1.82, 2.24) is 20.1 Å². The molecular formula is C30H40F6N4O4S. The highest BCUT2D eigenvalue weighted by atomic mass is 32.3. The molecular weight excluding hydrogens is 626 g/mol. The van der Waals surface area contributed by atoms with Crippen LogP contribution < -0.4 is 5.32 Å². The van der Waals surface area contributed by atoms with Gasteiger partial charge in [0.1, 0.15) is 0 Å². The Kier molecular flexibility index (Phi) is 12.9. The summed E-state index contributed by atoms with van der Waals surface area (Å²) >= 11 is 0. The van der Waals surface area contributed by atoms with E-state index in [1.807, 2.05) is 7.05 Å². The van der Waals surface area contributed by atoms with Crippen molar-refractivity contribution in [3.63, 3.8) is 0 Å². The minimum absolute atomic E-state index is 0.00120. The monoisotopic (exact) mass is 666 g/mol. The van der Waals surface area contributed by atoms with Gasteiger partial charge in [0.05, 0.1) is 17.1 Å². The van der Waals surface area contributed by atoms with Crippen molar-refractivity contribution in [1.29, 1.82) is 0 Å². The number of rotatable bonds is 10. The Hall–Kier alpha value is -3.27. The molecule has 45 heavy (non-hydrogen) atoms. The zero-order valence-electron chi connectivity index (χ0n) is 26.0. The van der Waals surface area contributed by atoms with Crippen LogP contribution in [-0.2, 0) is 4.79 Å². The molecule has 0 aromatic carbocycles. The zero-order chi connectivity index (χ0) is 34.3. The molecule has 2 rings (SSSR count). The van der Waals surface area contributed by atoms with E-state index in [0.29, 0.717) is 49.5 Å². The first-order chi connectivity index (χ1) is 20.7. The number of nitrogens with zero attached hydrogens (tertiary/aromatic N) is 2. The Bertz CT molecular complexity index is 1400. The number of aromatic amines is 1. The molecule has 0 atom stereocenters. The third-order valence-corrected chi connectivity index (χ3v) is 8.72. The highest BCUT2D eigenvalue weighted by Gasteiger charge is 2.35. The molecule has 0 bridgehead atoms. The fourth-order valence-corrected chi connectivity index (χ4v) is 5.73. The van der Waals surface area contributed by atoms with Gasteiger partial charge in [0.25, 0.3) is 11.8 Å². The Morgan fingerprint density at radius 3 is 2.16 bits per heavy atom. The molecule has 252 valence electrons. The molecule has 0 spiro atoms. The van der Waals surface area contributed by atoms with Crippen LogP contribution in [0.25, 0.3) is 6.08 Å². The number of H-pyrrole nitrogens is 1. The number of allylic oxidation sites excluding steroid dienone is 4. The fraction of sp³-hybridized carbons (Fsp3) is 0.467. The number of amides is 2. The van der Waals surface area contributed by atoms with Gasteiger partial charge in [-0.25, -0.2) is 0 Å². The largest absolute Gasteiger partial charge is 0.412 e. The molecule has 15 heteroatoms. The topological polar surface area (TPSA) is 109 Å². The number of carbonyl (C=O) groups excluding carboxylic acids is 2. The first kappa shape index (κ1) is 37.9. The highest BCUT2D eigenvalue weighted by Crippen LogP contribution is 2.44. The summed E-state index contributed by atoms with van der Waals surface area (Å²) in [6.07, 6.45) is -2.92. The van der Waals surface area contributed by atoms with Gasteiger partial charge in [0.15, 0.2) is 0 Å². The van der Waals surface area contributed by atoms with Crippen LogP contribution in [0.5, 0.6) is 0 Å². The lowest BCUT2D eigenvalue weighted by Gasteiger charge is -2.32. The third-order valence-electron chi connectivity index (χ3n) is 7.22. The summed E-state index contributed by atoms with van der Waals surface area (Å²) in [6.45, 7) is 8.82. The molecule has 1 aromatic heterocycles. The third kappa shape index (κ3) is 10.9. The number of piperazine rings is 1. The first-order valence-electron chi connectivity index (χ1n) is 13.9. The van der Waals surface area contributed by atoms with E-state index < -0.39 is 57.1 Å². The van der Waals surface area contributed by atoms with E-state index in [9.17, 15) is 45.0 Å². The SMILES string of the molecule is CC=CNC(=O)C(C=CCS(O)(O)CC(C=C(C)C(F)(F)F)=C(C)C(F)(F)F)=Cc1[nH]c(C)c(C(=O)N2CCN(C)CC2)c1C. The number of likely N-dealkylation sites (N-methyl/N-ethyl adjacent to an activating group) is 1. The van der Waals surface area contributed by atoms with Crippen LogP contribution in [0.1, 0.15) is 48.1 Å². The lowest BCUT2D eigenvalue weighted by molar-refractivity contribution is -0.116. The van der Waals surface area contributed by atoms with Crippen LogP contribution in [0.2, 0.25) is 0 Å². The van der Waals surface area contributed by atoms with E-state index in [4.69, 9.17) is 0 Å². The van der Waals surface area contributed by atoms with Gasteiger partial charge in [0, 0.05) is 54.3 Å². The molecule has 1 fully saturated rings. The second-order valence-electron chi connectivity index (χ2n) is 10.8. The Balaban J connectivity index is 2.42. The van der Waals surface area contributed by atoms with Gasteiger partial charge in [0.2, 0.25) is 0 Å². The van der Waals surface area contributed by atoms with Gasteiger partial charge < -0.3 is 20.1 Å². The smallest absolute Gasteiger partial charge is 0.358 e. The van der Waals surface area contributed by atoms with Gasteiger partial charge in [-0.3, -0.25) is 18.7 Å². The molecule has 0 saturated carbocycles. The Labute approximate surface area is 260 Å². The number of halogens is 6. The first-order valence-corrected chi connectivity index (χ1v) is 15.8. The normalized spacial score (nSPS) is 17.3. The molecule has 2 amide bonds. The van der Waals surface area contributed by atoms with E-state index in [2.05, 4.69) is 15.2 Å². The van der Waals surface area contributed by atoms with Crippen LogP contribution in [-0.4, -0.2) is 92.8 Å². The molecule has 1 saturated heterocycles. The van der Waals surface area contributed by atoms with Crippen LogP contribution >= 0.6 is 10.6 Å². The van der Waals surface area contributed by atoms with Crippen molar-refractivity contribution < 1.29 is 45.0 Å². The summed E-state index contributed by atoms with van der Waals surface area (Å²) in [5.41, 5.74) is -1.58. The number of nitrogens with one attached hydrogen (secondary N) is 2. The molecule has 1 aromatic rings. The fourth-order valence-electron chi connectivity index (χ4n) is 4.41. The van der Waals surface area contributed by atoms with Crippen molar-refractivity contribution in [3.05, 3.63) is 75.3 Å². The van der Waals surface area contributed by atoms with E-state index in [-0.39, 0.29) is 17.6 Å². The quantitative estimate of drug-likeness (QED) is 0.126. The summed E-state index contributed by atoms with van der Waals surface area (Å²) < 4.78 is 101. The lowest BCUT2D eigenvalue weighted by atomic mass is 10.1. The molecule has 0 unspecified atom stereocenters. The highest BCUT2D eigenvalue weighted by molar-refractivity contribution is 8.24. The average Bonchev–Trinajstić information content (AvgIpc) is 3.21. The summed E-state index contributed by atoms with van der Waals surface area (Å²) in [4.78, 5) is 33.2. The zero-order valence-corrected chi connectivity index (χ0v) is 26.8. The van der Waals surface area contributed by atoms with Crippen LogP contribution in [0.4, 0.5) is 26.3 Å². The number of aryl methyl sites for hydroxylation is 1. The van der Waals surface area contributed by atoms with E-state index in [0.717, 1.165) is 19.2 Å². The Morgan fingerprint density at radius 2 is 1.62 bits per heavy atom. The van der Waals surface area contributed by atoms with Crippen molar-refractivity contribution >= 4 is 28.5 Å². The van der Waals surface area contributed by atoms with E-state index >= 15 is 0 Å². The Morgan fingerprint density at radius 1 is 1.02 bits per heavy atom. The number of hydrogen-bond acceptors (Lipinski definition) is 5. The number of carbonyl (C=O) groups is 2. The molecule has 1 aliphatic rings. The maximum Gasteiger partial charge on any atom is 0.412 e. The predicted octanol–water partition coefficient (Wildman–Crippen LogP) is 6.75. The maximum atomic E-state index is 13.4. The molecule has 2 heterocycles. The van der Waals surface area contributed by atoms with Crippen molar-refractivity contribution in [2.45, 2.75) is 47.0 Å². The van der Waals surface area contributed by atoms with Gasteiger partial charge in [-0.1, -0.05) is 18.2 Å². The number of hydrogen-bond donors (Lipinski definition) is 4. The standard InChI is InChI=1S/C30H40F6N4O4S/c1-7-10-37-27(41)23(17-25-20(3)26(22(5)38-25)28(42)40-13-11-39(6)12-14-40)9-8-15-45(43,44)18-24(21(4)30(34,35)36)16-19(2)29(31,32)33/h7-10,16-17,38,43-44H,11-15,18H2,1-6H3,(H,37,41). The van der Waals surface area contributed by atoms with Crippen LogP contribution in [0, 0.1) is 13.8 Å². The van der Waals surface area contributed by atoms with Crippen molar-refractivity contribution in [2.75, 3.05) is 44.7 Å². The molecule has 4 N–H and O–H groups in total. The van der Waals surface area contributed by atoms with Gasteiger partial charge >= 0.3 is 12.4 Å². The minimum atomic E-state index is -5.00. The molecule has 8 nitrogen and oxygen atoms in total. The average molecular weight is 667 g/mol. The van der Waals surface area contributed by atoms with Gasteiger partial charge in [-0.15, -0.1) is 0 Å². The molecule has 0 radical (unpaired) electrons. The summed E-state index contributed by atoms with van der Waals surface area (Å²) in [6, 6.07) is 0. The second kappa shape index (κ2) is 15.3. The van der Waals surface area contributed by atoms with E-state index in [1.165, 1.54) is 18.4 Å². The molecule has 1 aliphatic heterocycles. The van der Waals surface area contributed by atoms with Gasteiger partial charge in [-0.2, -0.15) is 36.9 Å². The van der Waals surface area contributed by atoms with Crippen LogP contribution in [0.15, 0.2) is 52.8 Å². The van der Waals surface area contributed by atoms with Crippen LogP contribution in [0.3, 0.4) is 0 Å². The predicted molar refractivity (Wildman–Crippen MR) is 165 cm³/mol. The second-order valence-corrected chi connectivity index (χ2v) is 13.0. The maximum absolute atomic E-state index is 13.4. The summed E-state index contributed by atoms with van der Waals surface area (Å²) in [5.74, 6) is -2.51. The number of alkyl halides is 6. The number of aromatic nitrogens is 1. The summed E-state index contributed by atoms with van der Waals surface area (Å²) in [7, 11) is -1.95. The molecule has 0 aliphatic carbocycles. The van der Waals surface area contributed by atoms with Crippen molar-refractivity contribution in [2.24, 2.45) is 0 Å².